The molecule has 1 aliphatic carbocycles. The number of aromatic nitrogens is 1. The summed E-state index contributed by atoms with van der Waals surface area (Å²) in [6.45, 7) is 4.85. The number of hydrogen-bond donors (Lipinski definition) is 2. The summed E-state index contributed by atoms with van der Waals surface area (Å²) < 4.78 is 5.92. The van der Waals surface area contributed by atoms with E-state index in [1.807, 2.05) is 12.1 Å². The third-order valence-electron chi connectivity index (χ3n) is 5.25. The first-order valence-electron chi connectivity index (χ1n) is 10.3. The molecule has 6 heteroatoms. The third-order valence-corrected chi connectivity index (χ3v) is 5.50. The maximum Gasteiger partial charge on any atom is 0.253 e. The van der Waals surface area contributed by atoms with Crippen LogP contribution in [0.15, 0.2) is 36.5 Å². The zero-order valence-corrected chi connectivity index (χ0v) is 17.8. The minimum Gasteiger partial charge on any atom is -0.477 e. The van der Waals surface area contributed by atoms with E-state index in [-0.39, 0.29) is 11.9 Å². The molecule has 2 aromatic rings. The van der Waals surface area contributed by atoms with Crippen LogP contribution >= 0.6 is 11.6 Å². The minimum absolute atomic E-state index is 0.211. The van der Waals surface area contributed by atoms with Crippen LogP contribution in [0.3, 0.4) is 0 Å². The number of ether oxygens (including phenoxy) is 1. The van der Waals surface area contributed by atoms with Crippen LogP contribution < -0.4 is 10.1 Å². The number of pyridine rings is 1. The predicted octanol–water partition coefficient (Wildman–Crippen LogP) is 4.86. The SMILES string of the molecule is CC(C)CCOc1ncc(C(=O)NC2CCCC[C@H]2O)cc1-c1ccc(Cl)cc1. The van der Waals surface area contributed by atoms with Crippen molar-refractivity contribution in [3.63, 3.8) is 0 Å². The van der Waals surface area contributed by atoms with Gasteiger partial charge in [0.15, 0.2) is 0 Å². The summed E-state index contributed by atoms with van der Waals surface area (Å²) in [6, 6.07) is 8.98. The van der Waals surface area contributed by atoms with Gasteiger partial charge in [-0.15, -0.1) is 0 Å². The lowest BCUT2D eigenvalue weighted by atomic mass is 9.92. The molecule has 1 aromatic carbocycles. The quantitative estimate of drug-likeness (QED) is 0.676. The summed E-state index contributed by atoms with van der Waals surface area (Å²) in [5, 5.41) is 13.7. The van der Waals surface area contributed by atoms with Gasteiger partial charge >= 0.3 is 0 Å². The zero-order chi connectivity index (χ0) is 20.8. The molecule has 0 radical (unpaired) electrons. The standard InChI is InChI=1S/C23H29ClN2O3/c1-15(2)11-12-29-23-19(16-7-9-18(24)10-8-16)13-17(14-25-23)22(28)26-20-5-3-4-6-21(20)27/h7-10,13-15,20-21,27H,3-6,11-12H2,1-2H3,(H,26,28)/t20?,21-/m1/s1. The van der Waals surface area contributed by atoms with E-state index in [2.05, 4.69) is 24.1 Å². The smallest absolute Gasteiger partial charge is 0.253 e. The predicted molar refractivity (Wildman–Crippen MR) is 115 cm³/mol. The maximum absolute atomic E-state index is 12.8. The Bertz CT molecular complexity index is 823. The summed E-state index contributed by atoms with van der Waals surface area (Å²) in [5.74, 6) is 0.801. The first-order valence-corrected chi connectivity index (χ1v) is 10.7. The van der Waals surface area contributed by atoms with Crippen LogP contribution in [0.1, 0.15) is 56.3 Å². The molecule has 1 aromatic heterocycles. The summed E-state index contributed by atoms with van der Waals surface area (Å²) in [4.78, 5) is 17.2. The fourth-order valence-electron chi connectivity index (χ4n) is 3.45. The van der Waals surface area contributed by atoms with Gasteiger partial charge in [0.2, 0.25) is 5.88 Å². The largest absolute Gasteiger partial charge is 0.477 e. The highest BCUT2D eigenvalue weighted by Crippen LogP contribution is 2.30. The van der Waals surface area contributed by atoms with E-state index in [0.29, 0.717) is 29.0 Å². The van der Waals surface area contributed by atoms with Crippen LogP contribution in [0.5, 0.6) is 5.88 Å². The van der Waals surface area contributed by atoms with Gasteiger partial charge in [-0.2, -0.15) is 0 Å². The van der Waals surface area contributed by atoms with Crippen molar-refractivity contribution in [2.45, 2.75) is 58.1 Å². The number of rotatable bonds is 7. The molecule has 5 nitrogen and oxygen atoms in total. The van der Waals surface area contributed by atoms with Gasteiger partial charge < -0.3 is 15.2 Å². The van der Waals surface area contributed by atoms with Gasteiger partial charge in [0.25, 0.3) is 5.91 Å². The average Bonchev–Trinajstić information content (AvgIpc) is 2.70. The highest BCUT2D eigenvalue weighted by atomic mass is 35.5. The lowest BCUT2D eigenvalue weighted by Gasteiger charge is -2.28. The number of halogens is 1. The van der Waals surface area contributed by atoms with Gasteiger partial charge in [0, 0.05) is 16.8 Å². The molecule has 0 aliphatic heterocycles. The molecule has 0 bridgehead atoms. The van der Waals surface area contributed by atoms with Gasteiger partial charge in [-0.3, -0.25) is 4.79 Å². The molecule has 1 fully saturated rings. The number of benzene rings is 1. The summed E-state index contributed by atoms with van der Waals surface area (Å²) in [7, 11) is 0. The van der Waals surface area contributed by atoms with E-state index in [0.717, 1.165) is 43.2 Å². The maximum atomic E-state index is 12.8. The summed E-state index contributed by atoms with van der Waals surface area (Å²) >= 11 is 6.03. The second-order valence-electron chi connectivity index (χ2n) is 8.05. The normalized spacial score (nSPS) is 19.2. The molecule has 1 saturated carbocycles. The van der Waals surface area contributed by atoms with Crippen LogP contribution in [-0.2, 0) is 0 Å². The molecular weight excluding hydrogens is 388 g/mol. The number of amides is 1. The Morgan fingerprint density at radius 2 is 2.00 bits per heavy atom. The molecule has 1 heterocycles. The van der Waals surface area contributed by atoms with E-state index in [4.69, 9.17) is 16.3 Å². The Labute approximate surface area is 177 Å². The first-order chi connectivity index (χ1) is 13.9. The van der Waals surface area contributed by atoms with Crippen molar-refractivity contribution in [1.82, 2.24) is 10.3 Å². The highest BCUT2D eigenvalue weighted by molar-refractivity contribution is 6.30. The van der Waals surface area contributed by atoms with E-state index in [1.54, 1.807) is 18.2 Å². The van der Waals surface area contributed by atoms with Gasteiger partial charge in [-0.05, 0) is 48.9 Å². The fourth-order valence-corrected chi connectivity index (χ4v) is 3.58. The minimum atomic E-state index is -0.491. The number of aliphatic hydroxyl groups excluding tert-OH is 1. The first kappa shape index (κ1) is 21.6. The molecule has 2 N–H and O–H groups in total. The van der Waals surface area contributed by atoms with Crippen LogP contribution in [-0.4, -0.2) is 34.8 Å². The third kappa shape index (κ3) is 5.94. The number of aliphatic hydroxyl groups is 1. The topological polar surface area (TPSA) is 71.5 Å². The van der Waals surface area contributed by atoms with E-state index < -0.39 is 6.10 Å². The van der Waals surface area contributed by atoms with Gasteiger partial charge in [-0.1, -0.05) is 50.4 Å². The Balaban J connectivity index is 1.83. The van der Waals surface area contributed by atoms with Crippen molar-refractivity contribution < 1.29 is 14.6 Å². The molecular formula is C23H29ClN2O3. The van der Waals surface area contributed by atoms with Crippen molar-refractivity contribution in [3.05, 3.63) is 47.1 Å². The van der Waals surface area contributed by atoms with Crippen molar-refractivity contribution in [2.24, 2.45) is 5.92 Å². The molecule has 29 heavy (non-hydrogen) atoms. The molecule has 156 valence electrons. The number of carbonyl (C=O) groups excluding carboxylic acids is 1. The van der Waals surface area contributed by atoms with Crippen molar-refractivity contribution >= 4 is 17.5 Å². The molecule has 1 unspecified atom stereocenters. The van der Waals surface area contributed by atoms with E-state index in [9.17, 15) is 9.90 Å². The molecule has 0 spiro atoms. The van der Waals surface area contributed by atoms with Crippen molar-refractivity contribution in [2.75, 3.05) is 6.61 Å². The van der Waals surface area contributed by atoms with Crippen molar-refractivity contribution in [3.8, 4) is 17.0 Å². The molecule has 3 rings (SSSR count). The van der Waals surface area contributed by atoms with Gasteiger partial charge in [-0.25, -0.2) is 4.98 Å². The average molecular weight is 417 g/mol. The van der Waals surface area contributed by atoms with Gasteiger partial charge in [0.1, 0.15) is 0 Å². The molecule has 0 saturated heterocycles. The molecule has 1 amide bonds. The second-order valence-corrected chi connectivity index (χ2v) is 8.48. The van der Waals surface area contributed by atoms with Crippen LogP contribution in [0, 0.1) is 5.92 Å². The van der Waals surface area contributed by atoms with Crippen molar-refractivity contribution in [1.29, 1.82) is 0 Å². The van der Waals surface area contributed by atoms with Crippen LogP contribution in [0.25, 0.3) is 11.1 Å². The molecule has 1 aliphatic rings. The van der Waals surface area contributed by atoms with Crippen LogP contribution in [0.4, 0.5) is 0 Å². The lowest BCUT2D eigenvalue weighted by Crippen LogP contribution is -2.45. The number of nitrogens with one attached hydrogen (secondary N) is 1. The Kier molecular flexibility index (Phi) is 7.51. The van der Waals surface area contributed by atoms with E-state index in [1.165, 1.54) is 6.20 Å². The lowest BCUT2D eigenvalue weighted by molar-refractivity contribution is 0.0717. The second kappa shape index (κ2) is 10.1. The Hall–Kier alpha value is -2.11. The Morgan fingerprint density at radius 1 is 1.28 bits per heavy atom. The van der Waals surface area contributed by atoms with E-state index >= 15 is 0 Å². The monoisotopic (exact) mass is 416 g/mol. The zero-order valence-electron chi connectivity index (χ0n) is 17.0. The fraction of sp³-hybridized carbons (Fsp3) is 0.478. The number of nitrogens with zero attached hydrogens (tertiary/aromatic N) is 1. The number of hydrogen-bond acceptors (Lipinski definition) is 4. The van der Waals surface area contributed by atoms with Crippen LogP contribution in [0.2, 0.25) is 5.02 Å². The molecule has 2 atom stereocenters. The summed E-state index contributed by atoms with van der Waals surface area (Å²) in [5.41, 5.74) is 2.08. The number of carbonyl (C=O) groups is 1. The van der Waals surface area contributed by atoms with Gasteiger partial charge in [0.05, 0.1) is 24.3 Å². The summed E-state index contributed by atoms with van der Waals surface area (Å²) in [6.07, 6.45) is 5.49. The highest BCUT2D eigenvalue weighted by Gasteiger charge is 2.25. The Morgan fingerprint density at radius 3 is 2.69 bits per heavy atom.